The van der Waals surface area contributed by atoms with Crippen LogP contribution in [0.25, 0.3) is 0 Å². The fourth-order valence-electron chi connectivity index (χ4n) is 1.94. The molecule has 0 saturated carbocycles. The summed E-state index contributed by atoms with van der Waals surface area (Å²) in [6.45, 7) is 3.27. The van der Waals surface area contributed by atoms with Crippen LogP contribution in [0.15, 0.2) is 5.38 Å². The lowest BCUT2D eigenvalue weighted by Gasteiger charge is -2.27. The van der Waals surface area contributed by atoms with Crippen molar-refractivity contribution in [3.8, 4) is 0 Å². The molecule has 0 spiro atoms. The summed E-state index contributed by atoms with van der Waals surface area (Å²) in [6, 6.07) is 0. The van der Waals surface area contributed by atoms with Crippen LogP contribution in [-0.4, -0.2) is 37.1 Å². The zero-order valence-corrected chi connectivity index (χ0v) is 11.1. The molecule has 0 bridgehead atoms. The van der Waals surface area contributed by atoms with Gasteiger partial charge in [-0.25, -0.2) is 4.98 Å². The first kappa shape index (κ1) is 12.5. The summed E-state index contributed by atoms with van der Waals surface area (Å²) in [5, 5.41) is 2.71. The molecular weight excluding hydrogens is 236 g/mol. The third-order valence-electron chi connectivity index (χ3n) is 2.93. The molecule has 1 aliphatic rings. The van der Waals surface area contributed by atoms with Crippen molar-refractivity contribution >= 4 is 22.3 Å². The molecule has 2 rings (SSSR count). The molecule has 0 amide bonds. The Morgan fingerprint density at radius 3 is 3.06 bits per heavy atom. The Balaban J connectivity index is 1.93. The number of carbonyl (C=O) groups is 1. The fourth-order valence-corrected chi connectivity index (χ4v) is 2.78. The van der Waals surface area contributed by atoms with Gasteiger partial charge in [-0.3, -0.25) is 4.79 Å². The maximum atomic E-state index is 11.2. The Morgan fingerprint density at radius 1 is 1.65 bits per heavy atom. The van der Waals surface area contributed by atoms with Gasteiger partial charge in [-0.05, 0) is 19.3 Å². The van der Waals surface area contributed by atoms with Crippen LogP contribution in [0.3, 0.4) is 0 Å². The van der Waals surface area contributed by atoms with Crippen LogP contribution in [0.5, 0.6) is 0 Å². The first-order valence-electron chi connectivity index (χ1n) is 5.96. The highest BCUT2D eigenvalue weighted by molar-refractivity contribution is 7.13. The van der Waals surface area contributed by atoms with E-state index in [0.29, 0.717) is 11.8 Å². The van der Waals surface area contributed by atoms with Crippen LogP contribution in [0, 0.1) is 0 Å². The molecule has 1 aromatic rings. The van der Waals surface area contributed by atoms with Gasteiger partial charge in [-0.1, -0.05) is 0 Å². The van der Waals surface area contributed by atoms with Gasteiger partial charge in [0.2, 0.25) is 0 Å². The summed E-state index contributed by atoms with van der Waals surface area (Å²) in [7, 11) is 2.00. The van der Waals surface area contributed by atoms with Crippen LogP contribution in [-0.2, 0) is 4.74 Å². The molecule has 94 valence electrons. The summed E-state index contributed by atoms with van der Waals surface area (Å²) >= 11 is 1.51. The molecule has 1 aliphatic heterocycles. The van der Waals surface area contributed by atoms with E-state index in [-0.39, 0.29) is 5.78 Å². The van der Waals surface area contributed by atoms with Crippen molar-refractivity contribution in [2.75, 3.05) is 25.1 Å². The number of aromatic nitrogens is 1. The van der Waals surface area contributed by atoms with Crippen molar-refractivity contribution in [2.24, 2.45) is 0 Å². The summed E-state index contributed by atoms with van der Waals surface area (Å²) in [6.07, 6.45) is 3.84. The number of thiazole rings is 1. The zero-order valence-electron chi connectivity index (χ0n) is 10.3. The molecule has 1 unspecified atom stereocenters. The quantitative estimate of drug-likeness (QED) is 0.774. The number of ketones is 1. The topological polar surface area (TPSA) is 42.4 Å². The van der Waals surface area contributed by atoms with Gasteiger partial charge in [-0.2, -0.15) is 0 Å². The maximum Gasteiger partial charge on any atom is 0.185 e. The minimum atomic E-state index is 0.0230. The highest BCUT2D eigenvalue weighted by atomic mass is 32.1. The molecule has 1 saturated heterocycles. The van der Waals surface area contributed by atoms with E-state index in [1.54, 1.807) is 6.92 Å². The highest BCUT2D eigenvalue weighted by Gasteiger charge is 2.18. The second-order valence-corrected chi connectivity index (χ2v) is 5.28. The summed E-state index contributed by atoms with van der Waals surface area (Å²) in [5.41, 5.74) is 0.557. The van der Waals surface area contributed by atoms with E-state index in [0.717, 1.165) is 24.7 Å². The first-order valence-corrected chi connectivity index (χ1v) is 6.84. The largest absolute Gasteiger partial charge is 0.376 e. The average molecular weight is 254 g/mol. The lowest BCUT2D eigenvalue weighted by atomic mass is 10.1. The number of likely N-dealkylation sites (N-methyl/N-ethyl adjacent to an activating group) is 1. The van der Waals surface area contributed by atoms with E-state index in [1.807, 2.05) is 12.4 Å². The van der Waals surface area contributed by atoms with Gasteiger partial charge in [0, 0.05) is 32.5 Å². The molecule has 0 radical (unpaired) electrons. The van der Waals surface area contributed by atoms with E-state index in [1.165, 1.54) is 24.2 Å². The molecule has 1 aromatic heterocycles. The van der Waals surface area contributed by atoms with Crippen molar-refractivity contribution < 1.29 is 9.53 Å². The van der Waals surface area contributed by atoms with Crippen molar-refractivity contribution in [3.63, 3.8) is 0 Å². The number of ether oxygens (including phenoxy) is 1. The van der Waals surface area contributed by atoms with E-state index in [2.05, 4.69) is 9.88 Å². The molecule has 1 fully saturated rings. The van der Waals surface area contributed by atoms with Gasteiger partial charge >= 0.3 is 0 Å². The van der Waals surface area contributed by atoms with E-state index >= 15 is 0 Å². The smallest absolute Gasteiger partial charge is 0.185 e. The van der Waals surface area contributed by atoms with Crippen LogP contribution in [0.2, 0.25) is 0 Å². The molecule has 0 aliphatic carbocycles. The molecule has 0 N–H and O–H groups in total. The third kappa shape index (κ3) is 3.26. The summed E-state index contributed by atoms with van der Waals surface area (Å²) in [5.74, 6) is 0.0230. The Morgan fingerprint density at radius 2 is 2.47 bits per heavy atom. The number of rotatable bonds is 4. The molecule has 2 heterocycles. The second kappa shape index (κ2) is 5.60. The number of anilines is 1. The van der Waals surface area contributed by atoms with Gasteiger partial charge in [0.1, 0.15) is 5.69 Å². The van der Waals surface area contributed by atoms with E-state index < -0.39 is 0 Å². The van der Waals surface area contributed by atoms with Crippen LogP contribution in [0.1, 0.15) is 36.7 Å². The normalized spacial score (nSPS) is 20.2. The van der Waals surface area contributed by atoms with Crippen molar-refractivity contribution in [1.29, 1.82) is 0 Å². The van der Waals surface area contributed by atoms with Crippen LogP contribution < -0.4 is 4.90 Å². The first-order chi connectivity index (χ1) is 8.16. The van der Waals surface area contributed by atoms with Crippen molar-refractivity contribution in [2.45, 2.75) is 32.3 Å². The second-order valence-electron chi connectivity index (χ2n) is 4.44. The molecule has 1 atom stereocenters. The molecule has 5 heteroatoms. The van der Waals surface area contributed by atoms with Gasteiger partial charge in [-0.15, -0.1) is 11.3 Å². The minimum absolute atomic E-state index is 0.0230. The van der Waals surface area contributed by atoms with Crippen LogP contribution >= 0.6 is 11.3 Å². The fraction of sp³-hybridized carbons (Fsp3) is 0.667. The number of hydrogen-bond acceptors (Lipinski definition) is 5. The molecule has 0 aromatic carbocycles. The van der Waals surface area contributed by atoms with E-state index in [4.69, 9.17) is 4.74 Å². The third-order valence-corrected chi connectivity index (χ3v) is 3.89. The lowest BCUT2D eigenvalue weighted by Crippen LogP contribution is -2.33. The van der Waals surface area contributed by atoms with Crippen molar-refractivity contribution in [1.82, 2.24) is 4.98 Å². The minimum Gasteiger partial charge on any atom is -0.376 e. The monoisotopic (exact) mass is 254 g/mol. The summed E-state index contributed by atoms with van der Waals surface area (Å²) < 4.78 is 5.69. The van der Waals surface area contributed by atoms with E-state index in [9.17, 15) is 4.79 Å². The Labute approximate surface area is 106 Å². The number of nitrogens with zero attached hydrogens (tertiary/aromatic N) is 2. The number of carbonyl (C=O) groups excluding carboxylic acids is 1. The predicted molar refractivity (Wildman–Crippen MR) is 69.0 cm³/mol. The number of hydrogen-bond donors (Lipinski definition) is 0. The maximum absolute atomic E-state index is 11.2. The number of Topliss-reactive ketones (excluding diaryl/α,β-unsaturated/α-hetero) is 1. The SMILES string of the molecule is CC(=O)c1csc(N(C)CC2CCCCO2)n1. The zero-order chi connectivity index (χ0) is 12.3. The molecular formula is C12H18N2O2S. The van der Waals surface area contributed by atoms with Gasteiger partial charge < -0.3 is 9.64 Å². The standard InChI is InChI=1S/C12H18N2O2S/c1-9(15)11-8-17-12(13-11)14(2)7-10-5-3-4-6-16-10/h8,10H,3-7H2,1-2H3. The van der Waals surface area contributed by atoms with Crippen LogP contribution in [0.4, 0.5) is 5.13 Å². The lowest BCUT2D eigenvalue weighted by molar-refractivity contribution is 0.0216. The molecule has 17 heavy (non-hydrogen) atoms. The van der Waals surface area contributed by atoms with Gasteiger partial charge in [0.25, 0.3) is 0 Å². The highest BCUT2D eigenvalue weighted by Crippen LogP contribution is 2.22. The van der Waals surface area contributed by atoms with Crippen molar-refractivity contribution in [3.05, 3.63) is 11.1 Å². The summed E-state index contributed by atoms with van der Waals surface area (Å²) in [4.78, 5) is 17.6. The Hall–Kier alpha value is -0.940. The predicted octanol–water partition coefficient (Wildman–Crippen LogP) is 2.35. The van der Waals surface area contributed by atoms with Gasteiger partial charge in [0.05, 0.1) is 6.10 Å². The van der Waals surface area contributed by atoms with Gasteiger partial charge in [0.15, 0.2) is 10.9 Å². The molecule has 4 nitrogen and oxygen atoms in total. The average Bonchev–Trinajstić information content (AvgIpc) is 2.79. The Bertz CT molecular complexity index is 386. The Kier molecular flexibility index (Phi) is 4.12.